The van der Waals surface area contributed by atoms with Crippen molar-refractivity contribution in [3.8, 4) is 0 Å². The predicted molar refractivity (Wildman–Crippen MR) is 86.3 cm³/mol. The normalized spacial score (nSPS) is 36.6. The molecule has 0 N–H and O–H groups in total. The Balaban J connectivity index is 1.71. The maximum Gasteiger partial charge on any atom is 0.0671 e. The first-order chi connectivity index (χ1) is 10.3. The van der Waals surface area contributed by atoms with Gasteiger partial charge in [-0.1, -0.05) is 36.8 Å². The molecule has 1 saturated carbocycles. The molecule has 3 aliphatic heterocycles. The lowest BCUT2D eigenvalue weighted by molar-refractivity contribution is 0.207. The minimum absolute atomic E-state index is 0.222. The summed E-state index contributed by atoms with van der Waals surface area (Å²) in [6.07, 6.45) is 7.55. The molecular formula is C19H22N2. The third-order valence-corrected chi connectivity index (χ3v) is 6.23. The summed E-state index contributed by atoms with van der Waals surface area (Å²) in [5.41, 5.74) is 6.16. The maximum absolute atomic E-state index is 5.04. The van der Waals surface area contributed by atoms with Gasteiger partial charge in [0.05, 0.1) is 11.1 Å². The van der Waals surface area contributed by atoms with Crippen LogP contribution in [-0.4, -0.2) is 29.7 Å². The van der Waals surface area contributed by atoms with Gasteiger partial charge in [-0.2, -0.15) is 0 Å². The van der Waals surface area contributed by atoms with Crippen molar-refractivity contribution < 1.29 is 0 Å². The Kier molecular flexibility index (Phi) is 2.36. The molecule has 5 rings (SSSR count). The molecule has 2 heteroatoms. The highest BCUT2D eigenvalue weighted by Gasteiger charge is 2.58. The summed E-state index contributed by atoms with van der Waals surface area (Å²) >= 11 is 0. The van der Waals surface area contributed by atoms with Gasteiger partial charge in [-0.25, -0.2) is 0 Å². The lowest BCUT2D eigenvalue weighted by Gasteiger charge is -2.46. The molecule has 1 saturated heterocycles. The number of aliphatic imine (C=N–C) groups is 1. The standard InChI is InChI=1S/C19H22N2/c1-2-13-11-14-7-8-17-19(9-10-21(12-13)18(14)19)15-5-3-4-6-16(15)20-17/h3-6,11,13,18H,2,7-10,12H2,1H3. The topological polar surface area (TPSA) is 15.6 Å². The van der Waals surface area contributed by atoms with Crippen LogP contribution in [0.15, 0.2) is 40.9 Å². The van der Waals surface area contributed by atoms with Gasteiger partial charge in [0.1, 0.15) is 0 Å². The molecule has 3 unspecified atom stereocenters. The fourth-order valence-electron chi connectivity index (χ4n) is 5.33. The number of nitrogens with zero attached hydrogens (tertiary/aromatic N) is 2. The van der Waals surface area contributed by atoms with Gasteiger partial charge in [0.25, 0.3) is 0 Å². The summed E-state index contributed by atoms with van der Waals surface area (Å²) in [5, 5.41) is 0. The van der Waals surface area contributed by atoms with Crippen LogP contribution < -0.4 is 0 Å². The fourth-order valence-corrected chi connectivity index (χ4v) is 5.33. The number of hydrogen-bond donors (Lipinski definition) is 0. The van der Waals surface area contributed by atoms with E-state index in [-0.39, 0.29) is 5.41 Å². The van der Waals surface area contributed by atoms with Crippen LogP contribution in [0.4, 0.5) is 5.69 Å². The quantitative estimate of drug-likeness (QED) is 0.713. The van der Waals surface area contributed by atoms with Crippen LogP contribution in [-0.2, 0) is 5.41 Å². The molecule has 108 valence electrons. The Hall–Kier alpha value is -1.41. The fraction of sp³-hybridized carbons (Fsp3) is 0.526. The summed E-state index contributed by atoms with van der Waals surface area (Å²) in [5.74, 6) is 0.765. The molecule has 4 aliphatic rings. The lowest BCUT2D eigenvalue weighted by atomic mass is 9.63. The van der Waals surface area contributed by atoms with Gasteiger partial charge >= 0.3 is 0 Å². The van der Waals surface area contributed by atoms with Crippen molar-refractivity contribution in [2.75, 3.05) is 13.1 Å². The summed E-state index contributed by atoms with van der Waals surface area (Å²) < 4.78 is 0. The first-order valence-corrected chi connectivity index (χ1v) is 8.45. The van der Waals surface area contributed by atoms with E-state index in [0.717, 1.165) is 5.92 Å². The molecule has 0 aromatic heterocycles. The molecule has 0 radical (unpaired) electrons. The summed E-state index contributed by atoms with van der Waals surface area (Å²) in [6, 6.07) is 9.48. The highest BCUT2D eigenvalue weighted by atomic mass is 15.2. The van der Waals surface area contributed by atoms with Gasteiger partial charge < -0.3 is 0 Å². The van der Waals surface area contributed by atoms with Crippen LogP contribution in [0.5, 0.6) is 0 Å². The number of fused-ring (bicyclic) bond motifs is 1. The second-order valence-electron chi connectivity index (χ2n) is 7.10. The molecule has 21 heavy (non-hydrogen) atoms. The van der Waals surface area contributed by atoms with E-state index in [1.807, 2.05) is 0 Å². The number of benzene rings is 1. The molecule has 1 aromatic carbocycles. The monoisotopic (exact) mass is 278 g/mol. The first-order valence-electron chi connectivity index (χ1n) is 8.45. The Morgan fingerprint density at radius 3 is 3.10 bits per heavy atom. The number of rotatable bonds is 1. The molecule has 1 spiro atoms. The number of para-hydroxylation sites is 1. The average molecular weight is 278 g/mol. The molecule has 1 aliphatic carbocycles. The Bertz CT molecular complexity index is 672. The summed E-state index contributed by atoms with van der Waals surface area (Å²) in [7, 11) is 0. The van der Waals surface area contributed by atoms with Crippen molar-refractivity contribution in [3.63, 3.8) is 0 Å². The smallest absolute Gasteiger partial charge is 0.0671 e. The highest BCUT2D eigenvalue weighted by Crippen LogP contribution is 2.56. The maximum atomic E-state index is 5.04. The number of hydrogen-bond acceptors (Lipinski definition) is 2. The van der Waals surface area contributed by atoms with Crippen LogP contribution in [0.3, 0.4) is 0 Å². The third-order valence-electron chi connectivity index (χ3n) is 6.23. The van der Waals surface area contributed by atoms with Crippen molar-refractivity contribution in [2.45, 2.75) is 44.1 Å². The molecule has 0 bridgehead atoms. The zero-order chi connectivity index (χ0) is 14.0. The van der Waals surface area contributed by atoms with E-state index in [1.165, 1.54) is 55.7 Å². The molecule has 3 atom stereocenters. The minimum Gasteiger partial charge on any atom is -0.295 e. The van der Waals surface area contributed by atoms with Crippen LogP contribution in [0.1, 0.15) is 38.2 Å². The molecule has 2 fully saturated rings. The van der Waals surface area contributed by atoms with Crippen LogP contribution in [0.25, 0.3) is 0 Å². The van der Waals surface area contributed by atoms with Crippen molar-refractivity contribution in [2.24, 2.45) is 10.9 Å². The Morgan fingerprint density at radius 1 is 1.29 bits per heavy atom. The van der Waals surface area contributed by atoms with Gasteiger partial charge in [-0.15, -0.1) is 0 Å². The van der Waals surface area contributed by atoms with Crippen LogP contribution in [0.2, 0.25) is 0 Å². The zero-order valence-electron chi connectivity index (χ0n) is 12.7. The molecule has 0 amide bonds. The van der Waals surface area contributed by atoms with E-state index in [1.54, 1.807) is 5.57 Å². The van der Waals surface area contributed by atoms with Crippen molar-refractivity contribution in [3.05, 3.63) is 41.5 Å². The average Bonchev–Trinajstić information content (AvgIpc) is 3.07. The molecule has 2 nitrogen and oxygen atoms in total. The van der Waals surface area contributed by atoms with Gasteiger partial charge in [0, 0.05) is 24.8 Å². The van der Waals surface area contributed by atoms with E-state index < -0.39 is 0 Å². The van der Waals surface area contributed by atoms with E-state index in [4.69, 9.17) is 4.99 Å². The van der Waals surface area contributed by atoms with Crippen LogP contribution >= 0.6 is 0 Å². The molecule has 3 heterocycles. The van der Waals surface area contributed by atoms with Gasteiger partial charge in [0.15, 0.2) is 0 Å². The second kappa shape index (κ2) is 4.07. The van der Waals surface area contributed by atoms with Crippen molar-refractivity contribution in [1.82, 2.24) is 4.90 Å². The predicted octanol–water partition coefficient (Wildman–Crippen LogP) is 3.84. The van der Waals surface area contributed by atoms with Gasteiger partial charge in [-0.3, -0.25) is 9.89 Å². The van der Waals surface area contributed by atoms with E-state index in [0.29, 0.717) is 6.04 Å². The van der Waals surface area contributed by atoms with E-state index >= 15 is 0 Å². The first kappa shape index (κ1) is 12.2. The largest absolute Gasteiger partial charge is 0.295 e. The zero-order valence-corrected chi connectivity index (χ0v) is 12.7. The van der Waals surface area contributed by atoms with Crippen molar-refractivity contribution >= 4 is 11.4 Å². The van der Waals surface area contributed by atoms with Crippen molar-refractivity contribution in [1.29, 1.82) is 0 Å². The van der Waals surface area contributed by atoms with Gasteiger partial charge in [-0.05, 0) is 43.2 Å². The SMILES string of the molecule is CCC1C=C2CCC3=Nc4ccccc4C34CCN(C1)C24. The summed E-state index contributed by atoms with van der Waals surface area (Å²) in [6.45, 7) is 4.82. The van der Waals surface area contributed by atoms with E-state index in [2.05, 4.69) is 42.2 Å². The molecular weight excluding hydrogens is 256 g/mol. The molecule has 1 aromatic rings. The third kappa shape index (κ3) is 1.39. The van der Waals surface area contributed by atoms with Crippen LogP contribution in [0, 0.1) is 5.92 Å². The highest BCUT2D eigenvalue weighted by molar-refractivity contribution is 6.04. The Morgan fingerprint density at radius 2 is 2.19 bits per heavy atom. The summed E-state index contributed by atoms with van der Waals surface area (Å²) in [4.78, 5) is 7.80. The van der Waals surface area contributed by atoms with Gasteiger partial charge in [0.2, 0.25) is 0 Å². The Labute approximate surface area is 126 Å². The second-order valence-corrected chi connectivity index (χ2v) is 7.10. The minimum atomic E-state index is 0.222. The van der Waals surface area contributed by atoms with E-state index in [9.17, 15) is 0 Å². The lowest BCUT2D eigenvalue weighted by Crippen LogP contribution is -2.53.